The van der Waals surface area contributed by atoms with Gasteiger partial charge in [-0.25, -0.2) is 15.0 Å². The van der Waals surface area contributed by atoms with Crippen molar-refractivity contribution in [2.45, 2.75) is 18.6 Å². The lowest BCUT2D eigenvalue weighted by Crippen LogP contribution is -2.35. The third-order valence-electron chi connectivity index (χ3n) is 3.95. The maximum atomic E-state index is 8.92. The highest BCUT2D eigenvalue weighted by Crippen LogP contribution is 2.25. The molecule has 0 unspecified atom stereocenters. The molecule has 0 aromatic carbocycles. The lowest BCUT2D eigenvalue weighted by atomic mass is 10.2. The van der Waals surface area contributed by atoms with E-state index in [0.29, 0.717) is 18.1 Å². The fourth-order valence-electron chi connectivity index (χ4n) is 2.79. The average molecular weight is 310 g/mol. The minimum absolute atomic E-state index is 0.176. The second-order valence-electron chi connectivity index (χ2n) is 5.37. The van der Waals surface area contributed by atoms with Crippen molar-refractivity contribution in [1.82, 2.24) is 15.0 Å². The number of anilines is 2. The summed E-state index contributed by atoms with van der Waals surface area (Å²) in [7, 11) is 1.73. The van der Waals surface area contributed by atoms with E-state index < -0.39 is 0 Å². The molecule has 7 nitrogen and oxygen atoms in total. The van der Waals surface area contributed by atoms with E-state index in [1.54, 1.807) is 25.7 Å². The Hall–Kier alpha value is -2.72. The van der Waals surface area contributed by atoms with Crippen LogP contribution in [0.2, 0.25) is 0 Å². The number of nitrogens with zero attached hydrogens (tertiary/aromatic N) is 5. The van der Waals surface area contributed by atoms with E-state index in [2.05, 4.69) is 25.2 Å². The number of aromatic nitrogens is 3. The van der Waals surface area contributed by atoms with Crippen molar-refractivity contribution >= 4 is 11.6 Å². The SMILES string of the molecule is CO[C@@H]1C[C@H](CNc2cccc(C#N)n2)N(c2ccncn2)C1. The van der Waals surface area contributed by atoms with Gasteiger partial charge < -0.3 is 15.0 Å². The highest BCUT2D eigenvalue weighted by molar-refractivity contribution is 5.43. The number of rotatable bonds is 5. The standard InChI is InChI=1S/C16H18N6O/c1-23-14-7-13(22(10-14)16-5-6-18-11-20-16)9-19-15-4-2-3-12(8-17)21-15/h2-6,11,13-14H,7,9-10H2,1H3,(H,19,21)/t13-,14-/m1/s1. The van der Waals surface area contributed by atoms with E-state index in [1.165, 1.54) is 0 Å². The maximum Gasteiger partial charge on any atom is 0.142 e. The Morgan fingerprint density at radius 3 is 3.09 bits per heavy atom. The summed E-state index contributed by atoms with van der Waals surface area (Å²) in [6.45, 7) is 1.50. The molecule has 2 atom stereocenters. The van der Waals surface area contributed by atoms with Crippen molar-refractivity contribution in [3.05, 3.63) is 42.5 Å². The molecule has 1 aliphatic heterocycles. The van der Waals surface area contributed by atoms with Crippen molar-refractivity contribution in [2.24, 2.45) is 0 Å². The molecular formula is C16H18N6O. The summed E-state index contributed by atoms with van der Waals surface area (Å²) in [5.41, 5.74) is 0.406. The molecular weight excluding hydrogens is 292 g/mol. The van der Waals surface area contributed by atoms with Gasteiger partial charge in [0.1, 0.15) is 29.7 Å². The fraction of sp³-hybridized carbons (Fsp3) is 0.375. The first-order chi connectivity index (χ1) is 11.3. The third-order valence-corrected chi connectivity index (χ3v) is 3.95. The summed E-state index contributed by atoms with van der Waals surface area (Å²) < 4.78 is 5.51. The predicted molar refractivity (Wildman–Crippen MR) is 86.0 cm³/mol. The summed E-state index contributed by atoms with van der Waals surface area (Å²) in [6, 6.07) is 9.56. The zero-order valence-corrected chi connectivity index (χ0v) is 12.9. The molecule has 1 aliphatic rings. The van der Waals surface area contributed by atoms with Crippen LogP contribution in [-0.2, 0) is 4.74 Å². The molecule has 3 rings (SSSR count). The van der Waals surface area contributed by atoms with E-state index in [9.17, 15) is 0 Å². The van der Waals surface area contributed by atoms with Crippen LogP contribution >= 0.6 is 0 Å². The second-order valence-corrected chi connectivity index (χ2v) is 5.37. The molecule has 0 bridgehead atoms. The summed E-state index contributed by atoms with van der Waals surface area (Å²) in [4.78, 5) is 14.8. The molecule has 118 valence electrons. The summed E-state index contributed by atoms with van der Waals surface area (Å²) >= 11 is 0. The van der Waals surface area contributed by atoms with Crippen LogP contribution in [-0.4, -0.2) is 47.3 Å². The number of pyridine rings is 1. The van der Waals surface area contributed by atoms with Crippen LogP contribution in [0.15, 0.2) is 36.8 Å². The van der Waals surface area contributed by atoms with Gasteiger partial charge in [-0.3, -0.25) is 0 Å². The van der Waals surface area contributed by atoms with Crippen molar-refractivity contribution < 1.29 is 4.74 Å². The van der Waals surface area contributed by atoms with Crippen LogP contribution in [0, 0.1) is 11.3 Å². The van der Waals surface area contributed by atoms with Gasteiger partial charge in [-0.05, 0) is 24.6 Å². The highest BCUT2D eigenvalue weighted by Gasteiger charge is 2.32. The minimum atomic E-state index is 0.176. The van der Waals surface area contributed by atoms with E-state index in [0.717, 1.165) is 18.8 Å². The topological polar surface area (TPSA) is 87.0 Å². The molecule has 23 heavy (non-hydrogen) atoms. The first kappa shape index (κ1) is 15.2. The fourth-order valence-corrected chi connectivity index (χ4v) is 2.79. The Labute approximate surface area is 135 Å². The van der Waals surface area contributed by atoms with Crippen molar-refractivity contribution in [2.75, 3.05) is 30.4 Å². The van der Waals surface area contributed by atoms with E-state index >= 15 is 0 Å². The number of nitriles is 1. The molecule has 0 spiro atoms. The molecule has 0 amide bonds. The molecule has 7 heteroatoms. The molecule has 2 aromatic heterocycles. The third kappa shape index (κ3) is 3.55. The molecule has 0 saturated carbocycles. The summed E-state index contributed by atoms with van der Waals surface area (Å²) in [5.74, 6) is 1.60. The Morgan fingerprint density at radius 2 is 2.35 bits per heavy atom. The van der Waals surface area contributed by atoms with Crippen LogP contribution in [0.4, 0.5) is 11.6 Å². The number of hydrogen-bond acceptors (Lipinski definition) is 7. The predicted octanol–water partition coefficient (Wildman–Crippen LogP) is 1.45. The van der Waals surface area contributed by atoms with Gasteiger partial charge in [0, 0.05) is 26.4 Å². The molecule has 1 N–H and O–H groups in total. The van der Waals surface area contributed by atoms with Crippen LogP contribution < -0.4 is 10.2 Å². The van der Waals surface area contributed by atoms with Gasteiger partial charge in [0.15, 0.2) is 0 Å². The average Bonchev–Trinajstić information content (AvgIpc) is 3.04. The molecule has 0 radical (unpaired) electrons. The van der Waals surface area contributed by atoms with Crippen molar-refractivity contribution in [3.63, 3.8) is 0 Å². The Morgan fingerprint density at radius 1 is 1.43 bits per heavy atom. The lowest BCUT2D eigenvalue weighted by Gasteiger charge is -2.25. The van der Waals surface area contributed by atoms with Gasteiger partial charge in [0.25, 0.3) is 0 Å². The Bertz CT molecular complexity index is 686. The first-order valence-corrected chi connectivity index (χ1v) is 7.46. The number of hydrogen-bond donors (Lipinski definition) is 1. The zero-order chi connectivity index (χ0) is 16.1. The van der Waals surface area contributed by atoms with E-state index in [1.807, 2.05) is 24.3 Å². The van der Waals surface area contributed by atoms with Crippen LogP contribution in [0.1, 0.15) is 12.1 Å². The lowest BCUT2D eigenvalue weighted by molar-refractivity contribution is 0.118. The van der Waals surface area contributed by atoms with Crippen molar-refractivity contribution in [3.8, 4) is 6.07 Å². The molecule has 3 heterocycles. The molecule has 1 saturated heterocycles. The second kappa shape index (κ2) is 7.03. The van der Waals surface area contributed by atoms with Gasteiger partial charge >= 0.3 is 0 Å². The molecule has 0 aliphatic carbocycles. The Kier molecular flexibility index (Phi) is 4.64. The van der Waals surface area contributed by atoms with Crippen LogP contribution in [0.5, 0.6) is 0 Å². The van der Waals surface area contributed by atoms with Crippen LogP contribution in [0.25, 0.3) is 0 Å². The minimum Gasteiger partial charge on any atom is -0.380 e. The van der Waals surface area contributed by atoms with Gasteiger partial charge in [-0.2, -0.15) is 5.26 Å². The smallest absolute Gasteiger partial charge is 0.142 e. The van der Waals surface area contributed by atoms with Crippen LogP contribution in [0.3, 0.4) is 0 Å². The highest BCUT2D eigenvalue weighted by atomic mass is 16.5. The summed E-state index contributed by atoms with van der Waals surface area (Å²) in [6.07, 6.45) is 4.38. The molecule has 1 fully saturated rings. The largest absolute Gasteiger partial charge is 0.380 e. The van der Waals surface area contributed by atoms with Gasteiger partial charge in [0.05, 0.1) is 12.1 Å². The van der Waals surface area contributed by atoms with Gasteiger partial charge in [0.2, 0.25) is 0 Å². The number of ether oxygens (including phenoxy) is 1. The van der Waals surface area contributed by atoms with Gasteiger partial charge in [-0.15, -0.1) is 0 Å². The normalized spacial score (nSPS) is 20.3. The number of nitrogens with one attached hydrogen (secondary N) is 1. The van der Waals surface area contributed by atoms with Gasteiger partial charge in [-0.1, -0.05) is 6.07 Å². The maximum absolute atomic E-state index is 8.92. The number of methoxy groups -OCH3 is 1. The van der Waals surface area contributed by atoms with E-state index in [4.69, 9.17) is 10.00 Å². The Balaban J connectivity index is 1.70. The monoisotopic (exact) mass is 310 g/mol. The van der Waals surface area contributed by atoms with E-state index in [-0.39, 0.29) is 12.1 Å². The zero-order valence-electron chi connectivity index (χ0n) is 12.9. The quantitative estimate of drug-likeness (QED) is 0.894. The molecule has 2 aromatic rings. The van der Waals surface area contributed by atoms with Crippen molar-refractivity contribution in [1.29, 1.82) is 5.26 Å². The first-order valence-electron chi connectivity index (χ1n) is 7.46. The summed E-state index contributed by atoms with van der Waals surface area (Å²) in [5, 5.41) is 12.2.